The number of amides is 1. The van der Waals surface area contributed by atoms with E-state index in [1.807, 2.05) is 32.9 Å². The largest absolute Gasteiger partial charge is 0.396 e. The first-order chi connectivity index (χ1) is 11.4. The summed E-state index contributed by atoms with van der Waals surface area (Å²) >= 11 is 0. The molecule has 0 aliphatic rings. The van der Waals surface area contributed by atoms with Crippen LogP contribution in [0, 0.1) is 13.8 Å². The Labute approximate surface area is 142 Å². The monoisotopic (exact) mass is 325 g/mol. The van der Waals surface area contributed by atoms with E-state index in [4.69, 9.17) is 5.11 Å². The van der Waals surface area contributed by atoms with Crippen LogP contribution in [0.5, 0.6) is 0 Å². The molecule has 2 N–H and O–H groups in total. The molecule has 2 aromatic rings. The van der Waals surface area contributed by atoms with Gasteiger partial charge >= 0.3 is 0 Å². The molecule has 2 aromatic carbocycles. The van der Waals surface area contributed by atoms with Crippen molar-refractivity contribution in [2.24, 2.45) is 0 Å². The number of aliphatic hydroxyl groups excluding tert-OH is 1. The number of rotatable bonds is 6. The molecule has 4 heteroatoms. The maximum Gasteiger partial charge on any atom is 0.252 e. The van der Waals surface area contributed by atoms with Crippen LogP contribution in [0.4, 0.5) is 0 Å². The Morgan fingerprint density at radius 1 is 1.04 bits per heavy atom. The van der Waals surface area contributed by atoms with E-state index in [-0.39, 0.29) is 24.3 Å². The molecular formula is C20H23NO3. The molecule has 0 spiro atoms. The van der Waals surface area contributed by atoms with Crippen molar-refractivity contribution in [1.82, 2.24) is 5.32 Å². The Hall–Kier alpha value is -2.46. The van der Waals surface area contributed by atoms with Crippen LogP contribution in [0.2, 0.25) is 0 Å². The van der Waals surface area contributed by atoms with Gasteiger partial charge in [0.25, 0.3) is 5.91 Å². The van der Waals surface area contributed by atoms with Crippen molar-refractivity contribution in [3.8, 4) is 0 Å². The zero-order chi connectivity index (χ0) is 17.7. The van der Waals surface area contributed by atoms with Crippen molar-refractivity contribution >= 4 is 11.7 Å². The number of nitrogens with one attached hydrogen (secondary N) is 1. The molecule has 0 bridgehead atoms. The van der Waals surface area contributed by atoms with Gasteiger partial charge in [-0.2, -0.15) is 0 Å². The van der Waals surface area contributed by atoms with Crippen LogP contribution in [-0.2, 0) is 0 Å². The Balaban J connectivity index is 2.32. The molecular weight excluding hydrogens is 302 g/mol. The van der Waals surface area contributed by atoms with E-state index in [2.05, 4.69) is 5.32 Å². The van der Waals surface area contributed by atoms with E-state index in [1.54, 1.807) is 30.3 Å². The van der Waals surface area contributed by atoms with Crippen molar-refractivity contribution in [2.75, 3.05) is 6.61 Å². The lowest BCUT2D eigenvalue weighted by Crippen LogP contribution is -2.34. The van der Waals surface area contributed by atoms with Crippen LogP contribution >= 0.6 is 0 Å². The van der Waals surface area contributed by atoms with Crippen LogP contribution in [0.1, 0.15) is 50.8 Å². The van der Waals surface area contributed by atoms with E-state index in [0.717, 1.165) is 11.1 Å². The number of carbonyl (C=O) groups excluding carboxylic acids is 2. The summed E-state index contributed by atoms with van der Waals surface area (Å²) in [5.74, 6) is -0.470. The van der Waals surface area contributed by atoms with Gasteiger partial charge in [0.2, 0.25) is 0 Å². The highest BCUT2D eigenvalue weighted by Crippen LogP contribution is 2.17. The molecule has 126 valence electrons. The van der Waals surface area contributed by atoms with Crippen molar-refractivity contribution in [3.63, 3.8) is 0 Å². The Kier molecular flexibility index (Phi) is 5.88. The Morgan fingerprint density at radius 2 is 1.71 bits per heavy atom. The van der Waals surface area contributed by atoms with Crippen molar-refractivity contribution < 1.29 is 14.7 Å². The Bertz CT molecular complexity index is 752. The lowest BCUT2D eigenvalue weighted by Gasteiger charge is -2.14. The number of carbonyl (C=O) groups is 2. The summed E-state index contributed by atoms with van der Waals surface area (Å²) in [5.41, 5.74) is 3.47. The molecule has 4 nitrogen and oxygen atoms in total. The summed E-state index contributed by atoms with van der Waals surface area (Å²) in [5, 5.41) is 11.8. The van der Waals surface area contributed by atoms with Crippen molar-refractivity contribution in [3.05, 3.63) is 70.3 Å². The van der Waals surface area contributed by atoms with Gasteiger partial charge in [-0.3, -0.25) is 9.59 Å². The molecule has 0 saturated carbocycles. The second kappa shape index (κ2) is 7.88. The molecule has 2 rings (SSSR count). The van der Waals surface area contributed by atoms with E-state index in [9.17, 15) is 9.59 Å². The number of ketones is 1. The molecule has 0 aliphatic heterocycles. The molecule has 1 amide bonds. The molecule has 1 atom stereocenters. The predicted molar refractivity (Wildman–Crippen MR) is 94.4 cm³/mol. The molecule has 24 heavy (non-hydrogen) atoms. The highest BCUT2D eigenvalue weighted by atomic mass is 16.3. The van der Waals surface area contributed by atoms with Gasteiger partial charge in [-0.15, -0.1) is 0 Å². The van der Waals surface area contributed by atoms with Gasteiger partial charge in [0.05, 0.1) is 5.56 Å². The summed E-state index contributed by atoms with van der Waals surface area (Å²) in [6.45, 7) is 5.78. The second-order valence-electron chi connectivity index (χ2n) is 6.06. The van der Waals surface area contributed by atoms with Crippen LogP contribution in [0.3, 0.4) is 0 Å². The number of benzene rings is 2. The van der Waals surface area contributed by atoms with Crippen LogP contribution in [0.15, 0.2) is 42.5 Å². The van der Waals surface area contributed by atoms with E-state index in [0.29, 0.717) is 23.1 Å². The number of aliphatic hydroxyl groups is 1. The number of hydrogen-bond acceptors (Lipinski definition) is 3. The molecule has 0 aliphatic carbocycles. The van der Waals surface area contributed by atoms with Gasteiger partial charge in [0.1, 0.15) is 0 Å². The minimum atomic E-state index is -0.302. The van der Waals surface area contributed by atoms with Gasteiger partial charge in [0, 0.05) is 23.8 Å². The topological polar surface area (TPSA) is 66.4 Å². The third-order valence-electron chi connectivity index (χ3n) is 4.13. The lowest BCUT2D eigenvalue weighted by molar-refractivity contribution is 0.0924. The second-order valence-corrected chi connectivity index (χ2v) is 6.06. The fraction of sp³-hybridized carbons (Fsp3) is 0.300. The van der Waals surface area contributed by atoms with Gasteiger partial charge in [-0.05, 0) is 50.5 Å². The average Bonchev–Trinajstić information content (AvgIpc) is 2.57. The van der Waals surface area contributed by atoms with Crippen molar-refractivity contribution in [1.29, 1.82) is 0 Å². The van der Waals surface area contributed by atoms with Gasteiger partial charge in [-0.1, -0.05) is 30.3 Å². The zero-order valence-corrected chi connectivity index (χ0v) is 14.3. The van der Waals surface area contributed by atoms with E-state index < -0.39 is 0 Å². The lowest BCUT2D eigenvalue weighted by atomic mass is 9.95. The maximum absolute atomic E-state index is 12.8. The Morgan fingerprint density at radius 3 is 2.33 bits per heavy atom. The summed E-state index contributed by atoms with van der Waals surface area (Å²) in [6.07, 6.45) is 0.471. The molecule has 0 saturated heterocycles. The van der Waals surface area contributed by atoms with Gasteiger partial charge in [0.15, 0.2) is 5.78 Å². The molecule has 0 aromatic heterocycles. The first kappa shape index (κ1) is 17.9. The zero-order valence-electron chi connectivity index (χ0n) is 14.3. The average molecular weight is 325 g/mol. The minimum Gasteiger partial charge on any atom is -0.396 e. The molecule has 0 unspecified atom stereocenters. The number of aryl methyl sites for hydroxylation is 2. The fourth-order valence-corrected chi connectivity index (χ4v) is 2.48. The molecule has 0 fully saturated rings. The fourth-order valence-electron chi connectivity index (χ4n) is 2.48. The molecule has 0 radical (unpaired) electrons. The van der Waals surface area contributed by atoms with E-state index >= 15 is 0 Å². The molecule has 0 heterocycles. The highest BCUT2D eigenvalue weighted by molar-refractivity contribution is 6.15. The predicted octanol–water partition coefficient (Wildman–Crippen LogP) is 3.04. The quantitative estimate of drug-likeness (QED) is 0.802. The van der Waals surface area contributed by atoms with Crippen LogP contribution in [-0.4, -0.2) is 29.4 Å². The van der Waals surface area contributed by atoms with Gasteiger partial charge < -0.3 is 10.4 Å². The standard InChI is InChI=1S/C20H23NO3/c1-13-8-9-16(12-14(13)2)19(23)17-6-4-5-7-18(17)20(24)21-15(3)10-11-22/h4-9,12,15,22H,10-11H2,1-3H3,(H,21,24)/t15-/m1/s1. The van der Waals surface area contributed by atoms with Gasteiger partial charge in [-0.25, -0.2) is 0 Å². The summed E-state index contributed by atoms with van der Waals surface area (Å²) in [7, 11) is 0. The third kappa shape index (κ3) is 4.09. The summed E-state index contributed by atoms with van der Waals surface area (Å²) in [4.78, 5) is 25.3. The third-order valence-corrected chi connectivity index (χ3v) is 4.13. The van der Waals surface area contributed by atoms with Crippen molar-refractivity contribution in [2.45, 2.75) is 33.2 Å². The smallest absolute Gasteiger partial charge is 0.252 e. The first-order valence-electron chi connectivity index (χ1n) is 8.06. The summed E-state index contributed by atoms with van der Waals surface area (Å²) in [6, 6.07) is 12.2. The normalized spacial score (nSPS) is 11.8. The number of hydrogen-bond donors (Lipinski definition) is 2. The maximum atomic E-state index is 12.8. The van der Waals surface area contributed by atoms with E-state index in [1.165, 1.54) is 0 Å². The van der Waals surface area contributed by atoms with Crippen LogP contribution in [0.25, 0.3) is 0 Å². The van der Waals surface area contributed by atoms with Crippen LogP contribution < -0.4 is 5.32 Å². The highest BCUT2D eigenvalue weighted by Gasteiger charge is 2.19. The first-order valence-corrected chi connectivity index (χ1v) is 8.06. The SMILES string of the molecule is Cc1ccc(C(=O)c2ccccc2C(=O)N[C@H](C)CCO)cc1C. The minimum absolute atomic E-state index is 0.00463. The summed E-state index contributed by atoms with van der Waals surface area (Å²) < 4.78 is 0.